The second-order valence-corrected chi connectivity index (χ2v) is 4.55. The van der Waals surface area contributed by atoms with Crippen molar-refractivity contribution in [1.82, 2.24) is 0 Å². The van der Waals surface area contributed by atoms with Crippen LogP contribution < -0.4 is 5.73 Å². The Morgan fingerprint density at radius 1 is 1.46 bits per heavy atom. The van der Waals surface area contributed by atoms with Crippen molar-refractivity contribution < 1.29 is 9.53 Å². The summed E-state index contributed by atoms with van der Waals surface area (Å²) in [4.78, 5) is 11.5. The Kier molecular flexibility index (Phi) is 2.66. The number of hydrogen-bond acceptors (Lipinski definition) is 3. The van der Waals surface area contributed by atoms with E-state index in [2.05, 4.69) is 13.8 Å². The Bertz CT molecular complexity index is 213. The van der Waals surface area contributed by atoms with Gasteiger partial charge in [-0.05, 0) is 32.1 Å². The molecule has 1 fully saturated rings. The van der Waals surface area contributed by atoms with Crippen LogP contribution in [0.2, 0.25) is 0 Å². The van der Waals surface area contributed by atoms with Crippen molar-refractivity contribution in [1.29, 1.82) is 0 Å². The van der Waals surface area contributed by atoms with Crippen LogP contribution in [-0.4, -0.2) is 17.6 Å². The van der Waals surface area contributed by atoms with Crippen molar-refractivity contribution in [2.45, 2.75) is 45.8 Å². The van der Waals surface area contributed by atoms with Crippen LogP contribution in [0.1, 0.15) is 34.1 Å². The topological polar surface area (TPSA) is 52.3 Å². The predicted octanol–water partition coefficient (Wildman–Crippen LogP) is 1.31. The third-order valence-electron chi connectivity index (χ3n) is 2.59. The molecule has 1 aliphatic rings. The number of esters is 1. The molecule has 0 spiro atoms. The van der Waals surface area contributed by atoms with Crippen LogP contribution in [0.4, 0.5) is 0 Å². The molecule has 76 valence electrons. The zero-order chi connectivity index (χ0) is 10.2. The van der Waals surface area contributed by atoms with Crippen molar-refractivity contribution in [2.24, 2.45) is 17.6 Å². The van der Waals surface area contributed by atoms with Gasteiger partial charge in [-0.15, -0.1) is 0 Å². The fraction of sp³-hybridized carbons (Fsp3) is 0.900. The summed E-state index contributed by atoms with van der Waals surface area (Å²) in [6.45, 7) is 7.85. The molecule has 0 aliphatic heterocycles. The molecular formula is C10H19NO2. The summed E-state index contributed by atoms with van der Waals surface area (Å²) in [5, 5.41) is 0. The first kappa shape index (κ1) is 10.5. The van der Waals surface area contributed by atoms with Crippen LogP contribution in [0.5, 0.6) is 0 Å². The standard InChI is InChI=1S/C10H19NO2/c1-6(2)8-5-10(8,11)9(12)13-7(3)4/h6-8H,5,11H2,1-4H3. The first-order chi connectivity index (χ1) is 5.88. The van der Waals surface area contributed by atoms with Crippen LogP contribution >= 0.6 is 0 Å². The number of nitrogens with two attached hydrogens (primary N) is 1. The zero-order valence-corrected chi connectivity index (χ0v) is 8.83. The molecule has 1 saturated carbocycles. The third-order valence-corrected chi connectivity index (χ3v) is 2.59. The molecule has 3 nitrogen and oxygen atoms in total. The highest BCUT2D eigenvalue weighted by atomic mass is 16.5. The lowest BCUT2D eigenvalue weighted by atomic mass is 10.0. The van der Waals surface area contributed by atoms with Gasteiger partial charge in [0.2, 0.25) is 0 Å². The van der Waals surface area contributed by atoms with Gasteiger partial charge in [-0.2, -0.15) is 0 Å². The summed E-state index contributed by atoms with van der Waals surface area (Å²) in [6, 6.07) is 0. The average molecular weight is 185 g/mol. The molecule has 0 heterocycles. The van der Waals surface area contributed by atoms with Crippen molar-refractivity contribution in [3.8, 4) is 0 Å². The lowest BCUT2D eigenvalue weighted by Crippen LogP contribution is -2.39. The van der Waals surface area contributed by atoms with E-state index in [1.54, 1.807) is 0 Å². The van der Waals surface area contributed by atoms with Gasteiger partial charge in [-0.1, -0.05) is 13.8 Å². The zero-order valence-electron chi connectivity index (χ0n) is 8.83. The van der Waals surface area contributed by atoms with E-state index in [4.69, 9.17) is 10.5 Å². The van der Waals surface area contributed by atoms with Crippen LogP contribution in [-0.2, 0) is 9.53 Å². The molecule has 1 rings (SSSR count). The number of hydrogen-bond donors (Lipinski definition) is 1. The molecule has 0 aromatic rings. The molecule has 0 bridgehead atoms. The molecule has 2 unspecified atom stereocenters. The molecule has 0 aromatic carbocycles. The molecule has 2 atom stereocenters. The van der Waals surface area contributed by atoms with Gasteiger partial charge in [-0.25, -0.2) is 0 Å². The summed E-state index contributed by atoms with van der Waals surface area (Å²) in [6.07, 6.45) is 0.706. The van der Waals surface area contributed by atoms with Crippen molar-refractivity contribution in [2.75, 3.05) is 0 Å². The maximum Gasteiger partial charge on any atom is 0.326 e. The quantitative estimate of drug-likeness (QED) is 0.674. The summed E-state index contributed by atoms with van der Waals surface area (Å²) >= 11 is 0. The predicted molar refractivity (Wildman–Crippen MR) is 51.1 cm³/mol. The molecule has 0 radical (unpaired) electrons. The van der Waals surface area contributed by atoms with E-state index < -0.39 is 5.54 Å². The maximum atomic E-state index is 11.5. The maximum absolute atomic E-state index is 11.5. The number of ether oxygens (including phenoxy) is 1. The molecule has 3 heteroatoms. The fourth-order valence-corrected chi connectivity index (χ4v) is 1.69. The van der Waals surface area contributed by atoms with Crippen molar-refractivity contribution >= 4 is 5.97 Å². The fourth-order valence-electron chi connectivity index (χ4n) is 1.69. The minimum atomic E-state index is -0.682. The molecule has 0 saturated heterocycles. The van der Waals surface area contributed by atoms with Gasteiger partial charge in [0, 0.05) is 0 Å². The van der Waals surface area contributed by atoms with Gasteiger partial charge in [-0.3, -0.25) is 4.79 Å². The smallest absolute Gasteiger partial charge is 0.326 e. The van der Waals surface area contributed by atoms with E-state index >= 15 is 0 Å². The lowest BCUT2D eigenvalue weighted by molar-refractivity contribution is -0.150. The first-order valence-electron chi connectivity index (χ1n) is 4.88. The van der Waals surface area contributed by atoms with Gasteiger partial charge in [0.25, 0.3) is 0 Å². The Labute approximate surface area is 79.6 Å². The molecule has 0 amide bonds. The SMILES string of the molecule is CC(C)OC(=O)C1(N)CC1C(C)C. The highest BCUT2D eigenvalue weighted by molar-refractivity contribution is 5.85. The van der Waals surface area contributed by atoms with Gasteiger partial charge in [0.05, 0.1) is 6.10 Å². The van der Waals surface area contributed by atoms with Crippen LogP contribution in [0.15, 0.2) is 0 Å². The van der Waals surface area contributed by atoms with Gasteiger partial charge >= 0.3 is 5.97 Å². The normalized spacial score (nSPS) is 32.4. The number of carbonyl (C=O) groups excluding carboxylic acids is 1. The second-order valence-electron chi connectivity index (χ2n) is 4.55. The minimum absolute atomic E-state index is 0.0682. The van der Waals surface area contributed by atoms with Crippen LogP contribution in [0, 0.1) is 11.8 Å². The Balaban J connectivity index is 2.50. The molecular weight excluding hydrogens is 166 g/mol. The van der Waals surface area contributed by atoms with E-state index in [1.165, 1.54) is 0 Å². The second kappa shape index (κ2) is 3.29. The molecule has 0 aromatic heterocycles. The average Bonchev–Trinajstić information content (AvgIpc) is 2.62. The van der Waals surface area contributed by atoms with Crippen LogP contribution in [0.3, 0.4) is 0 Å². The first-order valence-corrected chi connectivity index (χ1v) is 4.88. The van der Waals surface area contributed by atoms with E-state index in [0.717, 1.165) is 6.42 Å². The Morgan fingerprint density at radius 2 is 2.00 bits per heavy atom. The molecule has 1 aliphatic carbocycles. The van der Waals surface area contributed by atoms with E-state index in [9.17, 15) is 4.79 Å². The molecule has 2 N–H and O–H groups in total. The third kappa shape index (κ3) is 2.02. The lowest BCUT2D eigenvalue weighted by Gasteiger charge is -2.15. The van der Waals surface area contributed by atoms with E-state index in [-0.39, 0.29) is 12.1 Å². The minimum Gasteiger partial charge on any atom is -0.462 e. The highest BCUT2D eigenvalue weighted by Gasteiger charge is 2.59. The largest absolute Gasteiger partial charge is 0.462 e. The summed E-state index contributed by atoms with van der Waals surface area (Å²) in [7, 11) is 0. The van der Waals surface area contributed by atoms with Crippen molar-refractivity contribution in [3.05, 3.63) is 0 Å². The molecule has 13 heavy (non-hydrogen) atoms. The van der Waals surface area contributed by atoms with Gasteiger partial charge < -0.3 is 10.5 Å². The summed E-state index contributed by atoms with van der Waals surface area (Å²) in [5.74, 6) is 0.532. The van der Waals surface area contributed by atoms with Gasteiger partial charge in [0.15, 0.2) is 0 Å². The van der Waals surface area contributed by atoms with Crippen molar-refractivity contribution in [3.63, 3.8) is 0 Å². The number of carbonyl (C=O) groups is 1. The van der Waals surface area contributed by atoms with Crippen LogP contribution in [0.25, 0.3) is 0 Å². The monoisotopic (exact) mass is 185 g/mol. The van der Waals surface area contributed by atoms with Gasteiger partial charge in [0.1, 0.15) is 5.54 Å². The Hall–Kier alpha value is -0.570. The summed E-state index contributed by atoms with van der Waals surface area (Å²) in [5.41, 5.74) is 5.23. The van der Waals surface area contributed by atoms with E-state index in [1.807, 2.05) is 13.8 Å². The van der Waals surface area contributed by atoms with E-state index in [0.29, 0.717) is 11.8 Å². The highest BCUT2D eigenvalue weighted by Crippen LogP contribution is 2.47. The number of rotatable bonds is 3. The summed E-state index contributed by atoms with van der Waals surface area (Å²) < 4.78 is 5.09. The Morgan fingerprint density at radius 3 is 2.31 bits per heavy atom.